The van der Waals surface area contributed by atoms with Crippen LogP contribution in [0.25, 0.3) is 11.4 Å². The van der Waals surface area contributed by atoms with Crippen molar-refractivity contribution in [3.05, 3.63) is 71.9 Å². The van der Waals surface area contributed by atoms with Gasteiger partial charge in [0.15, 0.2) is 5.82 Å². The Labute approximate surface area is 133 Å². The van der Waals surface area contributed by atoms with Gasteiger partial charge in [0, 0.05) is 11.8 Å². The third-order valence-electron chi connectivity index (χ3n) is 3.25. The lowest BCUT2D eigenvalue weighted by atomic mass is 10.2. The molecule has 1 aromatic heterocycles. The van der Waals surface area contributed by atoms with Crippen molar-refractivity contribution in [2.75, 3.05) is 0 Å². The number of ether oxygens (including phenoxy) is 1. The minimum Gasteiger partial charge on any atom is -0.477 e. The molecular formula is C18H14N2O3. The van der Waals surface area contributed by atoms with Crippen molar-refractivity contribution >= 4 is 5.97 Å². The van der Waals surface area contributed by atoms with E-state index in [2.05, 4.69) is 9.97 Å². The van der Waals surface area contributed by atoms with Crippen molar-refractivity contribution in [2.45, 2.75) is 6.92 Å². The molecule has 5 heteroatoms. The van der Waals surface area contributed by atoms with Gasteiger partial charge in [-0.3, -0.25) is 0 Å². The Kier molecular flexibility index (Phi) is 4.01. The second kappa shape index (κ2) is 6.27. The molecule has 0 saturated carbocycles. The standard InChI is InChI=1S/C18H14N2O3/c1-12-7-9-14(10-8-12)23-17-15(18(21)22)11-19-16(20-17)13-5-3-2-4-6-13/h2-11H,1H3,(H,21,22). The number of hydrogen-bond donors (Lipinski definition) is 1. The van der Waals surface area contributed by atoms with Crippen LogP contribution in [0.4, 0.5) is 0 Å². The third-order valence-corrected chi connectivity index (χ3v) is 3.25. The first-order valence-corrected chi connectivity index (χ1v) is 7.04. The molecule has 3 aromatic rings. The Hall–Kier alpha value is -3.21. The Bertz CT molecular complexity index is 831. The molecule has 0 saturated heterocycles. The molecule has 5 nitrogen and oxygen atoms in total. The molecule has 0 aliphatic rings. The fraction of sp³-hybridized carbons (Fsp3) is 0.0556. The van der Waals surface area contributed by atoms with E-state index in [1.165, 1.54) is 6.20 Å². The van der Waals surface area contributed by atoms with Crippen molar-refractivity contribution < 1.29 is 14.6 Å². The molecule has 3 rings (SSSR count). The maximum Gasteiger partial charge on any atom is 0.342 e. The highest BCUT2D eigenvalue weighted by atomic mass is 16.5. The summed E-state index contributed by atoms with van der Waals surface area (Å²) in [5.41, 5.74) is 1.80. The van der Waals surface area contributed by atoms with E-state index in [0.717, 1.165) is 11.1 Å². The number of aryl methyl sites for hydroxylation is 1. The number of carbonyl (C=O) groups is 1. The maximum atomic E-state index is 11.4. The molecule has 1 heterocycles. The van der Waals surface area contributed by atoms with Crippen molar-refractivity contribution in [1.82, 2.24) is 9.97 Å². The highest BCUT2D eigenvalue weighted by Crippen LogP contribution is 2.26. The molecule has 0 unspecified atom stereocenters. The van der Waals surface area contributed by atoms with E-state index in [4.69, 9.17) is 4.74 Å². The number of benzene rings is 2. The monoisotopic (exact) mass is 306 g/mol. The summed E-state index contributed by atoms with van der Waals surface area (Å²) in [5.74, 6) is -0.171. The second-order valence-corrected chi connectivity index (χ2v) is 5.00. The van der Waals surface area contributed by atoms with Gasteiger partial charge in [-0.05, 0) is 19.1 Å². The van der Waals surface area contributed by atoms with E-state index < -0.39 is 5.97 Å². The van der Waals surface area contributed by atoms with Crippen LogP contribution < -0.4 is 4.74 Å². The van der Waals surface area contributed by atoms with E-state index >= 15 is 0 Å². The fourth-order valence-electron chi connectivity index (χ4n) is 2.03. The highest BCUT2D eigenvalue weighted by Gasteiger charge is 2.16. The van der Waals surface area contributed by atoms with Gasteiger partial charge in [0.05, 0.1) is 0 Å². The summed E-state index contributed by atoms with van der Waals surface area (Å²) in [7, 11) is 0. The third kappa shape index (κ3) is 3.35. The number of carboxylic acids is 1. The summed E-state index contributed by atoms with van der Waals surface area (Å²) in [6.45, 7) is 1.96. The summed E-state index contributed by atoms with van der Waals surface area (Å²) in [4.78, 5) is 19.7. The van der Waals surface area contributed by atoms with Crippen LogP contribution >= 0.6 is 0 Å². The lowest BCUT2D eigenvalue weighted by molar-refractivity contribution is 0.0693. The summed E-state index contributed by atoms with van der Waals surface area (Å²) >= 11 is 0. The number of rotatable bonds is 4. The number of hydrogen-bond acceptors (Lipinski definition) is 4. The SMILES string of the molecule is Cc1ccc(Oc2nc(-c3ccccc3)ncc2C(=O)O)cc1. The van der Waals surface area contributed by atoms with E-state index in [-0.39, 0.29) is 11.4 Å². The van der Waals surface area contributed by atoms with Crippen molar-refractivity contribution in [2.24, 2.45) is 0 Å². The van der Waals surface area contributed by atoms with Crippen LogP contribution in [-0.2, 0) is 0 Å². The van der Waals surface area contributed by atoms with Crippen LogP contribution in [0.1, 0.15) is 15.9 Å². The molecule has 0 bridgehead atoms. The van der Waals surface area contributed by atoms with Gasteiger partial charge in [0.2, 0.25) is 5.88 Å². The first-order chi connectivity index (χ1) is 11.1. The van der Waals surface area contributed by atoms with Crippen molar-refractivity contribution in [3.8, 4) is 23.0 Å². The van der Waals surface area contributed by atoms with Crippen LogP contribution in [0, 0.1) is 6.92 Å². The lowest BCUT2D eigenvalue weighted by Crippen LogP contribution is -2.04. The summed E-state index contributed by atoms with van der Waals surface area (Å²) in [6.07, 6.45) is 1.27. The van der Waals surface area contributed by atoms with Gasteiger partial charge >= 0.3 is 5.97 Å². The molecule has 0 radical (unpaired) electrons. The van der Waals surface area contributed by atoms with Gasteiger partial charge in [0.1, 0.15) is 11.3 Å². The molecule has 1 N–H and O–H groups in total. The average Bonchev–Trinajstić information content (AvgIpc) is 2.57. The quantitative estimate of drug-likeness (QED) is 0.790. The molecule has 0 amide bonds. The summed E-state index contributed by atoms with van der Waals surface area (Å²) in [5, 5.41) is 9.29. The normalized spacial score (nSPS) is 10.3. The van der Waals surface area contributed by atoms with Crippen LogP contribution in [0.3, 0.4) is 0 Å². The predicted octanol–water partition coefficient (Wildman–Crippen LogP) is 3.94. The Morgan fingerprint density at radius 1 is 1.04 bits per heavy atom. The number of carboxylic acid groups (broad SMARTS) is 1. The molecule has 0 aliphatic heterocycles. The Morgan fingerprint density at radius 3 is 2.39 bits per heavy atom. The summed E-state index contributed by atoms with van der Waals surface area (Å²) in [6, 6.07) is 16.6. The molecule has 23 heavy (non-hydrogen) atoms. The molecule has 0 aliphatic carbocycles. The predicted molar refractivity (Wildman–Crippen MR) is 85.7 cm³/mol. The van der Waals surface area contributed by atoms with Gasteiger partial charge in [-0.2, -0.15) is 4.98 Å². The number of nitrogens with zero attached hydrogens (tertiary/aromatic N) is 2. The number of aromatic carboxylic acids is 1. The molecular weight excluding hydrogens is 292 g/mol. The Balaban J connectivity index is 2.01. The van der Waals surface area contributed by atoms with Crippen molar-refractivity contribution in [1.29, 1.82) is 0 Å². The van der Waals surface area contributed by atoms with E-state index in [1.807, 2.05) is 49.4 Å². The first-order valence-electron chi connectivity index (χ1n) is 7.04. The zero-order valence-corrected chi connectivity index (χ0v) is 12.4. The second-order valence-electron chi connectivity index (χ2n) is 5.00. The molecule has 0 atom stereocenters. The van der Waals surface area contributed by atoms with Crippen LogP contribution in [0.15, 0.2) is 60.8 Å². The maximum absolute atomic E-state index is 11.4. The van der Waals surface area contributed by atoms with Gasteiger partial charge in [-0.25, -0.2) is 9.78 Å². The van der Waals surface area contributed by atoms with Gasteiger partial charge in [-0.1, -0.05) is 48.0 Å². The first kappa shape index (κ1) is 14.7. The van der Waals surface area contributed by atoms with Crippen LogP contribution in [0.5, 0.6) is 11.6 Å². The topological polar surface area (TPSA) is 72.3 Å². The number of aromatic nitrogens is 2. The zero-order valence-electron chi connectivity index (χ0n) is 12.4. The summed E-state index contributed by atoms with van der Waals surface area (Å²) < 4.78 is 5.66. The van der Waals surface area contributed by atoms with Gasteiger partial charge in [0.25, 0.3) is 0 Å². The molecule has 0 fully saturated rings. The van der Waals surface area contributed by atoms with E-state index in [1.54, 1.807) is 12.1 Å². The smallest absolute Gasteiger partial charge is 0.342 e. The van der Waals surface area contributed by atoms with Crippen molar-refractivity contribution in [3.63, 3.8) is 0 Å². The fourth-order valence-corrected chi connectivity index (χ4v) is 2.03. The zero-order chi connectivity index (χ0) is 16.2. The average molecular weight is 306 g/mol. The van der Waals surface area contributed by atoms with Crippen LogP contribution in [-0.4, -0.2) is 21.0 Å². The minimum absolute atomic E-state index is 0.0233. The lowest BCUT2D eigenvalue weighted by Gasteiger charge is -2.09. The molecule has 2 aromatic carbocycles. The Morgan fingerprint density at radius 2 is 1.74 bits per heavy atom. The van der Waals surface area contributed by atoms with E-state index in [9.17, 15) is 9.90 Å². The van der Waals surface area contributed by atoms with Gasteiger partial charge < -0.3 is 9.84 Å². The highest BCUT2D eigenvalue weighted by molar-refractivity contribution is 5.90. The van der Waals surface area contributed by atoms with E-state index in [0.29, 0.717) is 11.6 Å². The minimum atomic E-state index is -1.13. The van der Waals surface area contributed by atoms with Crippen LogP contribution in [0.2, 0.25) is 0 Å². The largest absolute Gasteiger partial charge is 0.477 e. The molecule has 0 spiro atoms. The molecule has 114 valence electrons. The van der Waals surface area contributed by atoms with Gasteiger partial charge in [-0.15, -0.1) is 0 Å².